The van der Waals surface area contributed by atoms with E-state index in [0.29, 0.717) is 5.56 Å². The Labute approximate surface area is 197 Å². The number of rotatable bonds is 7. The molecule has 0 radical (unpaired) electrons. The molecule has 4 N–H and O–H groups in total. The first-order chi connectivity index (χ1) is 16.7. The number of hydrogen-bond donors (Lipinski definition) is 3. The molecule has 0 bridgehead atoms. The molecule has 0 aliphatic rings. The van der Waals surface area contributed by atoms with Gasteiger partial charge in [0.1, 0.15) is 23.6 Å². The summed E-state index contributed by atoms with van der Waals surface area (Å²) in [6.45, 7) is 1.10. The van der Waals surface area contributed by atoms with Crippen molar-refractivity contribution in [3.63, 3.8) is 0 Å². The first kappa shape index (κ1) is 23.7. The Morgan fingerprint density at radius 3 is 2.60 bits per heavy atom. The zero-order valence-corrected chi connectivity index (χ0v) is 18.4. The van der Waals surface area contributed by atoms with Gasteiger partial charge in [-0.05, 0) is 25.1 Å². The summed E-state index contributed by atoms with van der Waals surface area (Å²) in [7, 11) is 0. The van der Waals surface area contributed by atoms with E-state index in [9.17, 15) is 23.5 Å². The highest BCUT2D eigenvalue weighted by molar-refractivity contribution is 5.97. The van der Waals surface area contributed by atoms with Crippen LogP contribution in [0.5, 0.6) is 0 Å². The quantitative estimate of drug-likeness (QED) is 0.363. The van der Waals surface area contributed by atoms with E-state index >= 15 is 0 Å². The maximum absolute atomic E-state index is 13.9. The number of aliphatic hydroxyl groups excluding tert-OH is 1. The molecule has 1 unspecified atom stereocenters. The Balaban J connectivity index is 1.76. The number of carbonyl (C=O) groups excluding carboxylic acids is 1. The van der Waals surface area contributed by atoms with E-state index in [1.165, 1.54) is 48.3 Å². The lowest BCUT2D eigenvalue weighted by Crippen LogP contribution is -2.27. The number of amides is 1. The fraction of sp³-hybridized carbons (Fsp3) is 0.174. The fourth-order valence-electron chi connectivity index (χ4n) is 3.36. The first-order valence-corrected chi connectivity index (χ1v) is 10.4. The third-order valence-electron chi connectivity index (χ3n) is 4.98. The van der Waals surface area contributed by atoms with Crippen molar-refractivity contribution in [1.29, 1.82) is 0 Å². The molecular weight excluding hydrogens is 462 g/mol. The lowest BCUT2D eigenvalue weighted by atomic mass is 10.1. The number of nitrogen functional groups attached to an aromatic ring is 1. The number of benzene rings is 1. The lowest BCUT2D eigenvalue weighted by Gasteiger charge is -2.13. The fourth-order valence-corrected chi connectivity index (χ4v) is 3.36. The number of pyridine rings is 1. The highest BCUT2D eigenvalue weighted by Crippen LogP contribution is 2.29. The molecule has 1 amide bonds. The van der Waals surface area contributed by atoms with Gasteiger partial charge >= 0.3 is 0 Å². The average molecular weight is 482 g/mol. The molecule has 4 aromatic rings. The van der Waals surface area contributed by atoms with E-state index in [1.54, 1.807) is 0 Å². The van der Waals surface area contributed by atoms with Gasteiger partial charge in [0.2, 0.25) is 5.89 Å². The molecule has 1 aromatic carbocycles. The van der Waals surface area contributed by atoms with Crippen molar-refractivity contribution in [3.8, 4) is 22.8 Å². The van der Waals surface area contributed by atoms with Gasteiger partial charge in [-0.1, -0.05) is 6.07 Å². The third kappa shape index (κ3) is 5.06. The summed E-state index contributed by atoms with van der Waals surface area (Å²) in [6.07, 6.45) is 3.34. The third-order valence-corrected chi connectivity index (χ3v) is 4.98. The molecule has 0 aliphatic carbocycles. The highest BCUT2D eigenvalue weighted by atomic mass is 19.1. The van der Waals surface area contributed by atoms with Crippen LogP contribution in [-0.2, 0) is 13.1 Å². The Hall–Kier alpha value is -4.45. The molecule has 0 aliphatic heterocycles. The van der Waals surface area contributed by atoms with Gasteiger partial charge in [0.05, 0.1) is 18.8 Å². The van der Waals surface area contributed by atoms with Crippen LogP contribution in [0.15, 0.2) is 58.2 Å². The van der Waals surface area contributed by atoms with E-state index in [0.717, 1.165) is 12.1 Å². The number of halogens is 2. The van der Waals surface area contributed by atoms with E-state index in [-0.39, 0.29) is 46.5 Å². The predicted molar refractivity (Wildman–Crippen MR) is 121 cm³/mol. The SMILES string of the molecule is CC(O)Cn1cc(-c2nc(C(=O)NCc3c(F)cccc3F)c(N)nc2-c2ncco2)ccc1=O. The zero-order valence-electron chi connectivity index (χ0n) is 18.4. The van der Waals surface area contributed by atoms with Crippen molar-refractivity contribution >= 4 is 11.7 Å². The van der Waals surface area contributed by atoms with Crippen LogP contribution in [0.25, 0.3) is 22.8 Å². The summed E-state index contributed by atoms with van der Waals surface area (Å²) in [4.78, 5) is 37.7. The molecule has 3 heterocycles. The minimum atomic E-state index is -0.824. The monoisotopic (exact) mass is 482 g/mol. The molecule has 0 spiro atoms. The van der Waals surface area contributed by atoms with E-state index in [4.69, 9.17) is 10.2 Å². The summed E-state index contributed by atoms with van der Waals surface area (Å²) in [5.41, 5.74) is 5.57. The molecule has 4 rings (SSSR count). The zero-order chi connectivity index (χ0) is 25.1. The van der Waals surface area contributed by atoms with Gasteiger partial charge in [-0.3, -0.25) is 9.59 Å². The number of carbonyl (C=O) groups is 1. The molecule has 180 valence electrons. The smallest absolute Gasteiger partial charge is 0.274 e. The number of aliphatic hydroxyl groups is 1. The topological polar surface area (TPSA) is 149 Å². The van der Waals surface area contributed by atoms with Gasteiger partial charge in [0, 0.05) is 29.9 Å². The molecule has 0 saturated heterocycles. The maximum atomic E-state index is 13.9. The van der Waals surface area contributed by atoms with E-state index < -0.39 is 30.2 Å². The van der Waals surface area contributed by atoms with Gasteiger partial charge in [-0.15, -0.1) is 0 Å². The number of nitrogens with one attached hydrogen (secondary N) is 1. The van der Waals surface area contributed by atoms with Crippen molar-refractivity contribution in [3.05, 3.63) is 82.2 Å². The second-order valence-corrected chi connectivity index (χ2v) is 7.63. The van der Waals surface area contributed by atoms with Crippen LogP contribution in [0, 0.1) is 11.6 Å². The Morgan fingerprint density at radius 2 is 1.94 bits per heavy atom. The Kier molecular flexibility index (Phi) is 6.64. The molecule has 0 saturated carbocycles. The standard InChI is InChI=1S/C23H20F2N6O4/c1-12(32)10-31-11-13(5-6-17(31)33)18-19(23-27-7-8-35-23)30-21(26)20(29-18)22(34)28-9-14-15(24)3-2-4-16(14)25/h2-8,11-12,32H,9-10H2,1H3,(H2,26,30)(H,28,34). The van der Waals surface area contributed by atoms with Gasteiger partial charge in [-0.2, -0.15) is 0 Å². The number of nitrogens with two attached hydrogens (primary N) is 1. The van der Waals surface area contributed by atoms with Crippen molar-refractivity contribution in [2.24, 2.45) is 0 Å². The van der Waals surface area contributed by atoms with Crippen LogP contribution in [0.3, 0.4) is 0 Å². The minimum Gasteiger partial charge on any atom is -0.443 e. The number of oxazole rings is 1. The van der Waals surface area contributed by atoms with E-state index in [2.05, 4.69) is 20.3 Å². The maximum Gasteiger partial charge on any atom is 0.274 e. The highest BCUT2D eigenvalue weighted by Gasteiger charge is 2.23. The predicted octanol–water partition coefficient (Wildman–Crippen LogP) is 2.13. The average Bonchev–Trinajstić information content (AvgIpc) is 3.34. The number of hydrogen-bond acceptors (Lipinski definition) is 8. The van der Waals surface area contributed by atoms with Gasteiger partial charge in [-0.25, -0.2) is 23.7 Å². The summed E-state index contributed by atoms with van der Waals surface area (Å²) >= 11 is 0. The number of aromatic nitrogens is 4. The Bertz CT molecular complexity index is 1420. The van der Waals surface area contributed by atoms with Crippen molar-refractivity contribution in [2.45, 2.75) is 26.1 Å². The molecule has 12 heteroatoms. The van der Waals surface area contributed by atoms with Crippen LogP contribution < -0.4 is 16.6 Å². The summed E-state index contributed by atoms with van der Waals surface area (Å²) in [6, 6.07) is 6.10. The summed E-state index contributed by atoms with van der Waals surface area (Å²) in [5, 5.41) is 12.1. The van der Waals surface area contributed by atoms with Gasteiger partial charge < -0.3 is 25.1 Å². The molecule has 10 nitrogen and oxygen atoms in total. The number of nitrogens with zero attached hydrogens (tertiary/aromatic N) is 4. The largest absolute Gasteiger partial charge is 0.443 e. The molecule has 35 heavy (non-hydrogen) atoms. The van der Waals surface area contributed by atoms with Crippen LogP contribution in [0.1, 0.15) is 23.0 Å². The van der Waals surface area contributed by atoms with Crippen LogP contribution >= 0.6 is 0 Å². The van der Waals surface area contributed by atoms with Crippen molar-refractivity contribution in [2.75, 3.05) is 5.73 Å². The second kappa shape index (κ2) is 9.81. The Morgan fingerprint density at radius 1 is 1.20 bits per heavy atom. The number of anilines is 1. The lowest BCUT2D eigenvalue weighted by molar-refractivity contribution is 0.0946. The normalized spacial score (nSPS) is 11.9. The molecular formula is C23H20F2N6O4. The molecule has 1 atom stereocenters. The van der Waals surface area contributed by atoms with Crippen molar-refractivity contribution < 1.29 is 23.1 Å². The second-order valence-electron chi connectivity index (χ2n) is 7.63. The van der Waals surface area contributed by atoms with Gasteiger partial charge in [0.25, 0.3) is 11.5 Å². The van der Waals surface area contributed by atoms with Crippen LogP contribution in [0.4, 0.5) is 14.6 Å². The van der Waals surface area contributed by atoms with Gasteiger partial charge in [0.15, 0.2) is 17.2 Å². The molecule has 3 aromatic heterocycles. The van der Waals surface area contributed by atoms with Crippen LogP contribution in [0.2, 0.25) is 0 Å². The van der Waals surface area contributed by atoms with E-state index in [1.807, 2.05) is 0 Å². The van der Waals surface area contributed by atoms with Crippen molar-refractivity contribution in [1.82, 2.24) is 24.8 Å². The summed E-state index contributed by atoms with van der Waals surface area (Å²) < 4.78 is 34.5. The minimum absolute atomic E-state index is 0.0188. The first-order valence-electron chi connectivity index (χ1n) is 10.4. The van der Waals surface area contributed by atoms with Crippen LogP contribution in [-0.4, -0.2) is 36.6 Å². The molecule has 0 fully saturated rings. The summed E-state index contributed by atoms with van der Waals surface area (Å²) in [5.74, 6) is -2.66.